The zero-order valence-corrected chi connectivity index (χ0v) is 14.1. The van der Waals surface area contributed by atoms with Crippen molar-refractivity contribution in [2.75, 3.05) is 7.11 Å². The van der Waals surface area contributed by atoms with Gasteiger partial charge in [-0.15, -0.1) is 0 Å². The van der Waals surface area contributed by atoms with E-state index in [1.807, 2.05) is 0 Å². The molecule has 0 aromatic rings. The minimum atomic E-state index is -0.364. The van der Waals surface area contributed by atoms with E-state index in [-0.39, 0.29) is 23.9 Å². The average molecular weight is 294 g/mol. The van der Waals surface area contributed by atoms with Crippen molar-refractivity contribution in [3.8, 4) is 0 Å². The standard InChI is InChI=1S/C18H30O3/c1-11(2)6-7-13-17(4,21-13)16-15(20-5)14(19)12(3)10-18(16)8-9-18/h6,12-16,19H,7-10H2,1-5H3. The summed E-state index contributed by atoms with van der Waals surface area (Å²) in [5, 5.41) is 10.6. The van der Waals surface area contributed by atoms with Crippen LogP contribution in [0.25, 0.3) is 0 Å². The highest BCUT2D eigenvalue weighted by molar-refractivity contribution is 5.20. The summed E-state index contributed by atoms with van der Waals surface area (Å²) in [7, 11) is 1.74. The molecule has 1 heterocycles. The molecule has 1 spiro atoms. The lowest BCUT2D eigenvalue weighted by molar-refractivity contribution is -0.138. The van der Waals surface area contributed by atoms with Gasteiger partial charge in [-0.3, -0.25) is 0 Å². The predicted octanol–water partition coefficient (Wildman–Crippen LogP) is 3.31. The minimum Gasteiger partial charge on any atom is -0.390 e. The van der Waals surface area contributed by atoms with E-state index in [1.165, 1.54) is 18.4 Å². The molecule has 1 N–H and O–H groups in total. The van der Waals surface area contributed by atoms with E-state index >= 15 is 0 Å². The Morgan fingerprint density at radius 3 is 2.57 bits per heavy atom. The molecule has 0 aromatic heterocycles. The predicted molar refractivity (Wildman–Crippen MR) is 83.1 cm³/mol. The Bertz CT molecular complexity index is 436. The Morgan fingerprint density at radius 2 is 2.05 bits per heavy atom. The molecule has 3 fully saturated rings. The molecule has 120 valence electrons. The smallest absolute Gasteiger partial charge is 0.0982 e. The molecule has 3 rings (SSSR count). The largest absolute Gasteiger partial charge is 0.390 e. The van der Waals surface area contributed by atoms with Crippen molar-refractivity contribution in [1.82, 2.24) is 0 Å². The van der Waals surface area contributed by atoms with Gasteiger partial charge in [0.2, 0.25) is 0 Å². The van der Waals surface area contributed by atoms with E-state index < -0.39 is 0 Å². The fraction of sp³-hybridized carbons (Fsp3) is 0.889. The summed E-state index contributed by atoms with van der Waals surface area (Å²) in [6.07, 6.45) is 6.73. The molecule has 2 saturated carbocycles. The number of aliphatic hydroxyl groups excluding tert-OH is 1. The Hall–Kier alpha value is -0.380. The van der Waals surface area contributed by atoms with Gasteiger partial charge in [-0.1, -0.05) is 18.6 Å². The third-order valence-electron chi connectivity index (χ3n) is 6.14. The second-order valence-electron chi connectivity index (χ2n) is 8.02. The van der Waals surface area contributed by atoms with E-state index in [0.717, 1.165) is 12.8 Å². The highest BCUT2D eigenvalue weighted by atomic mass is 16.6. The lowest BCUT2D eigenvalue weighted by Gasteiger charge is -2.46. The minimum absolute atomic E-state index is 0.0852. The van der Waals surface area contributed by atoms with Crippen LogP contribution in [0.4, 0.5) is 0 Å². The van der Waals surface area contributed by atoms with Crippen molar-refractivity contribution in [3.63, 3.8) is 0 Å². The van der Waals surface area contributed by atoms with E-state index in [4.69, 9.17) is 9.47 Å². The zero-order chi connectivity index (χ0) is 15.4. The highest BCUT2D eigenvalue weighted by Gasteiger charge is 2.70. The van der Waals surface area contributed by atoms with Gasteiger partial charge >= 0.3 is 0 Å². The molecule has 3 aliphatic rings. The first-order chi connectivity index (χ1) is 9.84. The molecule has 3 nitrogen and oxygen atoms in total. The van der Waals surface area contributed by atoms with Crippen LogP contribution < -0.4 is 0 Å². The van der Waals surface area contributed by atoms with Crippen molar-refractivity contribution < 1.29 is 14.6 Å². The van der Waals surface area contributed by atoms with Gasteiger partial charge in [0.15, 0.2) is 0 Å². The van der Waals surface area contributed by atoms with Crippen molar-refractivity contribution in [2.24, 2.45) is 17.3 Å². The first-order valence-corrected chi connectivity index (χ1v) is 8.36. The van der Waals surface area contributed by atoms with Crippen LogP contribution in [0, 0.1) is 17.3 Å². The van der Waals surface area contributed by atoms with Crippen molar-refractivity contribution >= 4 is 0 Å². The summed E-state index contributed by atoms with van der Waals surface area (Å²) in [6, 6.07) is 0. The van der Waals surface area contributed by atoms with Crippen LogP contribution in [-0.2, 0) is 9.47 Å². The highest BCUT2D eigenvalue weighted by Crippen LogP contribution is 2.68. The molecule has 0 amide bonds. The molecule has 2 aliphatic carbocycles. The van der Waals surface area contributed by atoms with Gasteiger partial charge in [-0.05, 0) is 57.8 Å². The van der Waals surface area contributed by atoms with Crippen molar-refractivity contribution in [1.29, 1.82) is 0 Å². The van der Waals surface area contributed by atoms with E-state index in [2.05, 4.69) is 33.8 Å². The van der Waals surface area contributed by atoms with Gasteiger partial charge in [0.25, 0.3) is 0 Å². The van der Waals surface area contributed by atoms with Crippen LogP contribution in [-0.4, -0.2) is 36.1 Å². The Kier molecular flexibility index (Phi) is 3.75. The molecule has 3 heteroatoms. The zero-order valence-electron chi connectivity index (χ0n) is 14.1. The monoisotopic (exact) mass is 294 g/mol. The molecule has 0 aromatic carbocycles. The Balaban J connectivity index is 1.81. The quantitative estimate of drug-likeness (QED) is 0.639. The molecule has 21 heavy (non-hydrogen) atoms. The van der Waals surface area contributed by atoms with Crippen LogP contribution in [0.3, 0.4) is 0 Å². The second kappa shape index (κ2) is 5.07. The number of epoxide rings is 1. The Morgan fingerprint density at radius 1 is 1.38 bits per heavy atom. The maximum atomic E-state index is 10.6. The fourth-order valence-electron chi connectivity index (χ4n) is 4.81. The first-order valence-electron chi connectivity index (χ1n) is 8.36. The van der Waals surface area contributed by atoms with Crippen LogP contribution >= 0.6 is 0 Å². The molecule has 0 bridgehead atoms. The van der Waals surface area contributed by atoms with Gasteiger partial charge in [-0.2, -0.15) is 0 Å². The maximum absolute atomic E-state index is 10.6. The fourth-order valence-corrected chi connectivity index (χ4v) is 4.81. The summed E-state index contributed by atoms with van der Waals surface area (Å²) >= 11 is 0. The number of allylic oxidation sites excluding steroid dienone is 1. The van der Waals surface area contributed by atoms with E-state index in [0.29, 0.717) is 17.3 Å². The lowest BCUT2D eigenvalue weighted by Crippen LogP contribution is -2.54. The summed E-state index contributed by atoms with van der Waals surface area (Å²) in [5.74, 6) is 0.657. The molecule has 6 unspecified atom stereocenters. The summed E-state index contributed by atoms with van der Waals surface area (Å²) in [4.78, 5) is 0. The van der Waals surface area contributed by atoms with Crippen LogP contribution in [0.1, 0.15) is 53.4 Å². The summed E-state index contributed by atoms with van der Waals surface area (Å²) < 4.78 is 11.9. The SMILES string of the molecule is COC1C(O)C(C)CC2(CC2)C1C1(C)OC1CC=C(C)C. The van der Waals surface area contributed by atoms with Gasteiger partial charge in [0.05, 0.1) is 23.9 Å². The topological polar surface area (TPSA) is 42.0 Å². The second-order valence-corrected chi connectivity index (χ2v) is 8.02. The van der Waals surface area contributed by atoms with Gasteiger partial charge in [0, 0.05) is 13.0 Å². The van der Waals surface area contributed by atoms with Crippen molar-refractivity contribution in [3.05, 3.63) is 11.6 Å². The molecular weight excluding hydrogens is 264 g/mol. The third-order valence-corrected chi connectivity index (χ3v) is 6.14. The first kappa shape index (κ1) is 15.5. The van der Waals surface area contributed by atoms with Gasteiger partial charge in [0.1, 0.15) is 0 Å². The molecule has 6 atom stereocenters. The molecular formula is C18H30O3. The van der Waals surface area contributed by atoms with Crippen LogP contribution in [0.15, 0.2) is 11.6 Å². The van der Waals surface area contributed by atoms with Gasteiger partial charge in [-0.25, -0.2) is 0 Å². The lowest BCUT2D eigenvalue weighted by atomic mass is 9.63. The molecule has 1 saturated heterocycles. The number of hydrogen-bond donors (Lipinski definition) is 1. The average Bonchev–Trinajstić information content (AvgIpc) is 3.31. The van der Waals surface area contributed by atoms with E-state index in [1.54, 1.807) is 7.11 Å². The molecule has 0 radical (unpaired) electrons. The maximum Gasteiger partial charge on any atom is 0.0982 e. The summed E-state index contributed by atoms with van der Waals surface area (Å²) in [5.41, 5.74) is 1.58. The van der Waals surface area contributed by atoms with Gasteiger partial charge < -0.3 is 14.6 Å². The van der Waals surface area contributed by atoms with Crippen LogP contribution in [0.2, 0.25) is 0 Å². The number of aliphatic hydroxyl groups is 1. The normalized spacial score (nSPS) is 47.2. The third kappa shape index (κ3) is 2.47. The van der Waals surface area contributed by atoms with Crippen molar-refractivity contribution in [2.45, 2.75) is 77.3 Å². The molecule has 1 aliphatic heterocycles. The number of methoxy groups -OCH3 is 1. The number of hydrogen-bond acceptors (Lipinski definition) is 3. The van der Waals surface area contributed by atoms with E-state index in [9.17, 15) is 5.11 Å². The Labute approximate surface area is 128 Å². The van der Waals surface area contributed by atoms with Crippen LogP contribution in [0.5, 0.6) is 0 Å². The number of ether oxygens (including phenoxy) is 2. The number of rotatable bonds is 4. The summed E-state index contributed by atoms with van der Waals surface area (Å²) in [6.45, 7) is 8.65.